The molecular weight excluding hydrogens is 488 g/mol. The second kappa shape index (κ2) is 10.0. The molecule has 0 atom stereocenters. The summed E-state index contributed by atoms with van der Waals surface area (Å²) >= 11 is 0. The molecule has 6 rings (SSSR count). The Morgan fingerprint density at radius 2 is 1.97 bits per heavy atom. The molecule has 1 aromatic carbocycles. The van der Waals surface area contributed by atoms with Crippen molar-refractivity contribution in [3.8, 4) is 5.75 Å². The van der Waals surface area contributed by atoms with Crippen LogP contribution in [0.2, 0.25) is 0 Å². The van der Waals surface area contributed by atoms with E-state index in [1.165, 1.54) is 25.7 Å². The van der Waals surface area contributed by atoms with Crippen molar-refractivity contribution in [2.45, 2.75) is 76.7 Å². The first-order valence-electron chi connectivity index (χ1n) is 14.4. The number of nitrogens with one attached hydrogen (secondary N) is 2. The van der Waals surface area contributed by atoms with Crippen LogP contribution in [-0.4, -0.2) is 38.8 Å². The van der Waals surface area contributed by atoms with Gasteiger partial charge in [0.25, 0.3) is 5.91 Å². The molecule has 3 aromatic rings. The van der Waals surface area contributed by atoms with Gasteiger partial charge in [-0.3, -0.25) is 4.79 Å². The third kappa shape index (κ3) is 4.84. The first kappa shape index (κ1) is 26.0. The largest absolute Gasteiger partial charge is 0.490 e. The van der Waals surface area contributed by atoms with Crippen LogP contribution in [0.3, 0.4) is 0 Å². The van der Waals surface area contributed by atoms with E-state index in [2.05, 4.69) is 53.7 Å². The number of rotatable bonds is 8. The Morgan fingerprint density at radius 1 is 1.18 bits per heavy atom. The molecule has 206 valence electrons. The van der Waals surface area contributed by atoms with Crippen molar-refractivity contribution in [1.29, 1.82) is 0 Å². The third-order valence-electron chi connectivity index (χ3n) is 8.93. The van der Waals surface area contributed by atoms with Crippen LogP contribution in [0.15, 0.2) is 36.7 Å². The average Bonchev–Trinajstić information content (AvgIpc) is 3.63. The summed E-state index contributed by atoms with van der Waals surface area (Å²) in [4.78, 5) is 18.4. The van der Waals surface area contributed by atoms with Gasteiger partial charge in [-0.25, -0.2) is 4.98 Å². The number of ether oxygens (including phenoxy) is 1. The molecule has 8 nitrogen and oxygen atoms in total. The summed E-state index contributed by atoms with van der Waals surface area (Å²) in [6, 6.07) is 10.1. The van der Waals surface area contributed by atoms with Crippen LogP contribution in [0, 0.1) is 11.8 Å². The highest BCUT2D eigenvalue weighted by Gasteiger charge is 2.48. The molecule has 2 aliphatic carbocycles. The van der Waals surface area contributed by atoms with Crippen LogP contribution < -0.4 is 15.4 Å². The van der Waals surface area contributed by atoms with Crippen molar-refractivity contribution in [2.75, 3.05) is 18.5 Å². The zero-order valence-corrected chi connectivity index (χ0v) is 23.6. The number of aryl methyl sites for hydroxylation is 1. The van der Waals surface area contributed by atoms with E-state index in [-0.39, 0.29) is 16.7 Å². The van der Waals surface area contributed by atoms with E-state index in [0.717, 1.165) is 59.4 Å². The molecule has 8 heteroatoms. The SMILES string of the molecule is CC1CC(c2cccc(NC(=O)c3cc(CNCC4CCCC4)c4c(n3)C(C)(C)CO4)c2)(c2nncn2C)C1. The number of carbonyl (C=O) groups excluding carboxylic acids is 1. The maximum absolute atomic E-state index is 13.6. The number of fused-ring (bicyclic) bond motifs is 1. The number of benzene rings is 1. The molecule has 3 heterocycles. The van der Waals surface area contributed by atoms with E-state index < -0.39 is 0 Å². The van der Waals surface area contributed by atoms with Gasteiger partial charge in [0.15, 0.2) is 0 Å². The summed E-state index contributed by atoms with van der Waals surface area (Å²) in [5.74, 6) is 2.96. The molecule has 1 aliphatic heterocycles. The minimum atomic E-state index is -0.241. The number of hydrogen-bond donors (Lipinski definition) is 2. The number of aromatic nitrogens is 4. The van der Waals surface area contributed by atoms with Gasteiger partial charge in [-0.2, -0.15) is 0 Å². The lowest BCUT2D eigenvalue weighted by Crippen LogP contribution is -2.43. The smallest absolute Gasteiger partial charge is 0.274 e. The van der Waals surface area contributed by atoms with Gasteiger partial charge in [0, 0.05) is 30.3 Å². The molecular formula is C31H40N6O2. The molecule has 2 aromatic heterocycles. The fourth-order valence-electron chi connectivity index (χ4n) is 6.88. The minimum absolute atomic E-state index is 0.184. The summed E-state index contributed by atoms with van der Waals surface area (Å²) in [7, 11) is 2.00. The number of pyridine rings is 1. The molecule has 2 N–H and O–H groups in total. The van der Waals surface area contributed by atoms with Gasteiger partial charge in [-0.15, -0.1) is 10.2 Å². The minimum Gasteiger partial charge on any atom is -0.490 e. The lowest BCUT2D eigenvalue weighted by molar-refractivity contribution is 0.102. The molecule has 2 saturated carbocycles. The molecule has 3 aliphatic rings. The standard InChI is InChI=1S/C31H40N6O2/c1-20-14-31(15-20,29-36-33-19-37(29)4)23-10-7-11-24(13-23)34-28(38)25-12-22(17-32-16-21-8-5-6-9-21)26-27(35-25)30(2,3)18-39-26/h7,10-13,19-21,32H,5-6,8-9,14-18H2,1-4H3,(H,34,38). The van der Waals surface area contributed by atoms with Crippen LogP contribution in [0.1, 0.15) is 92.4 Å². The lowest BCUT2D eigenvalue weighted by Gasteiger charge is -2.46. The Balaban J connectivity index is 1.25. The van der Waals surface area contributed by atoms with Crippen molar-refractivity contribution in [3.05, 3.63) is 65.0 Å². The second-order valence-electron chi connectivity index (χ2n) is 12.7. The Hall–Kier alpha value is -3.26. The monoisotopic (exact) mass is 528 g/mol. The molecule has 1 amide bonds. The molecule has 39 heavy (non-hydrogen) atoms. The highest BCUT2D eigenvalue weighted by molar-refractivity contribution is 6.03. The Kier molecular flexibility index (Phi) is 6.69. The van der Waals surface area contributed by atoms with Crippen LogP contribution in [0.25, 0.3) is 0 Å². The van der Waals surface area contributed by atoms with Crippen LogP contribution in [0.4, 0.5) is 5.69 Å². The zero-order chi connectivity index (χ0) is 27.2. The van der Waals surface area contributed by atoms with Crippen LogP contribution >= 0.6 is 0 Å². The average molecular weight is 529 g/mol. The van der Waals surface area contributed by atoms with Gasteiger partial charge in [-0.05, 0) is 67.8 Å². The van der Waals surface area contributed by atoms with Crippen molar-refractivity contribution in [3.63, 3.8) is 0 Å². The summed E-state index contributed by atoms with van der Waals surface area (Å²) in [6.45, 7) is 8.76. The number of nitrogens with zero attached hydrogens (tertiary/aromatic N) is 4. The first-order chi connectivity index (χ1) is 18.7. The predicted octanol–water partition coefficient (Wildman–Crippen LogP) is 5.13. The van der Waals surface area contributed by atoms with E-state index in [1.54, 1.807) is 6.33 Å². The van der Waals surface area contributed by atoms with Crippen molar-refractivity contribution >= 4 is 11.6 Å². The van der Waals surface area contributed by atoms with Gasteiger partial charge >= 0.3 is 0 Å². The zero-order valence-electron chi connectivity index (χ0n) is 23.6. The van der Waals surface area contributed by atoms with Gasteiger partial charge < -0.3 is 19.9 Å². The summed E-state index contributed by atoms with van der Waals surface area (Å²) in [6.07, 6.45) is 9.04. The molecule has 0 saturated heterocycles. The van der Waals surface area contributed by atoms with E-state index in [1.807, 2.05) is 29.8 Å². The van der Waals surface area contributed by atoms with Gasteiger partial charge in [-0.1, -0.05) is 45.7 Å². The summed E-state index contributed by atoms with van der Waals surface area (Å²) in [5, 5.41) is 15.4. The molecule has 0 radical (unpaired) electrons. The van der Waals surface area contributed by atoms with Crippen molar-refractivity contribution in [1.82, 2.24) is 25.1 Å². The van der Waals surface area contributed by atoms with E-state index in [0.29, 0.717) is 24.8 Å². The number of hydrogen-bond acceptors (Lipinski definition) is 6. The molecule has 0 spiro atoms. The number of amides is 1. The Bertz CT molecular complexity index is 1370. The van der Waals surface area contributed by atoms with Gasteiger partial charge in [0.1, 0.15) is 23.6 Å². The maximum atomic E-state index is 13.6. The van der Waals surface area contributed by atoms with Crippen molar-refractivity contribution < 1.29 is 9.53 Å². The fraction of sp³-hybridized carbons (Fsp3) is 0.548. The molecule has 2 fully saturated rings. The van der Waals surface area contributed by atoms with Crippen LogP contribution in [0.5, 0.6) is 5.75 Å². The van der Waals surface area contributed by atoms with E-state index in [4.69, 9.17) is 9.72 Å². The topological polar surface area (TPSA) is 94.0 Å². The highest BCUT2D eigenvalue weighted by atomic mass is 16.5. The molecule has 0 bridgehead atoms. The normalized spacial score (nSPS) is 23.7. The highest BCUT2D eigenvalue weighted by Crippen LogP contribution is 2.51. The quantitative estimate of drug-likeness (QED) is 0.421. The predicted molar refractivity (Wildman–Crippen MR) is 151 cm³/mol. The number of carbonyl (C=O) groups is 1. The Labute approximate surface area is 231 Å². The molecule has 0 unspecified atom stereocenters. The maximum Gasteiger partial charge on any atom is 0.274 e. The third-order valence-corrected chi connectivity index (χ3v) is 8.93. The van der Waals surface area contributed by atoms with Gasteiger partial charge in [0.05, 0.1) is 17.7 Å². The summed E-state index contributed by atoms with van der Waals surface area (Å²) < 4.78 is 8.11. The number of anilines is 1. The van der Waals surface area contributed by atoms with E-state index >= 15 is 0 Å². The first-order valence-corrected chi connectivity index (χ1v) is 14.4. The fourth-order valence-corrected chi connectivity index (χ4v) is 6.88. The van der Waals surface area contributed by atoms with Crippen LogP contribution in [-0.2, 0) is 24.4 Å². The van der Waals surface area contributed by atoms with Gasteiger partial charge in [0.2, 0.25) is 0 Å². The second-order valence-corrected chi connectivity index (χ2v) is 12.7. The van der Waals surface area contributed by atoms with E-state index in [9.17, 15) is 4.79 Å². The lowest BCUT2D eigenvalue weighted by atomic mass is 9.58. The summed E-state index contributed by atoms with van der Waals surface area (Å²) in [5.41, 5.74) is 3.79. The van der Waals surface area contributed by atoms with Crippen molar-refractivity contribution in [2.24, 2.45) is 18.9 Å². The Morgan fingerprint density at radius 3 is 2.69 bits per heavy atom.